The number of anilines is 1. The number of halogens is 1. The van der Waals surface area contributed by atoms with Crippen LogP contribution in [0.4, 0.5) is 10.5 Å². The van der Waals surface area contributed by atoms with E-state index in [0.29, 0.717) is 5.69 Å². The number of esters is 1. The van der Waals surface area contributed by atoms with Crippen molar-refractivity contribution >= 4 is 45.4 Å². The van der Waals surface area contributed by atoms with E-state index in [4.69, 9.17) is 9.47 Å². The largest absolute Gasteiger partial charge is 0.483 e. The van der Waals surface area contributed by atoms with E-state index in [1.807, 2.05) is 5.32 Å². The molecule has 0 fully saturated rings. The van der Waals surface area contributed by atoms with Crippen LogP contribution >= 0.6 is 15.9 Å². The highest BCUT2D eigenvalue weighted by atomic mass is 79.9. The van der Waals surface area contributed by atoms with Gasteiger partial charge < -0.3 is 20.1 Å². The minimum absolute atomic E-state index is 0.0402. The third-order valence-electron chi connectivity index (χ3n) is 3.60. The van der Waals surface area contributed by atoms with Crippen LogP contribution in [-0.2, 0) is 14.3 Å². The first-order valence-electron chi connectivity index (χ1n) is 9.29. The summed E-state index contributed by atoms with van der Waals surface area (Å²) in [6.07, 6.45) is 0. The molecule has 0 bridgehead atoms. The number of carbonyl (C=O) groups is 4. The molecule has 0 aromatic heterocycles. The Morgan fingerprint density at radius 3 is 2.29 bits per heavy atom. The molecular formula is C21H22BrN3O6. The molecule has 0 unspecified atom stereocenters. The Kier molecular flexibility index (Phi) is 9.01. The molecule has 0 saturated heterocycles. The summed E-state index contributed by atoms with van der Waals surface area (Å²) in [6.45, 7) is 2.49. The Morgan fingerprint density at radius 2 is 1.61 bits per heavy atom. The molecule has 0 radical (unpaired) electrons. The number of para-hydroxylation sites is 1. The van der Waals surface area contributed by atoms with Crippen LogP contribution in [-0.4, -0.2) is 43.1 Å². The summed E-state index contributed by atoms with van der Waals surface area (Å²) in [5, 5.41) is 7.19. The van der Waals surface area contributed by atoms with Crippen LogP contribution < -0.4 is 20.7 Å². The van der Waals surface area contributed by atoms with Gasteiger partial charge in [-0.15, -0.1) is 0 Å². The SMILES string of the molecule is CC(C)NC(=O)NC(=O)COC(=O)c1ccccc1OCC(=O)Nc1ccc(Br)cc1. The highest BCUT2D eigenvalue weighted by Crippen LogP contribution is 2.19. The fourth-order valence-corrected chi connectivity index (χ4v) is 2.57. The second-order valence-electron chi connectivity index (χ2n) is 6.59. The zero-order valence-electron chi connectivity index (χ0n) is 16.9. The maximum absolute atomic E-state index is 12.3. The summed E-state index contributed by atoms with van der Waals surface area (Å²) in [4.78, 5) is 47.6. The predicted molar refractivity (Wildman–Crippen MR) is 117 cm³/mol. The van der Waals surface area contributed by atoms with Gasteiger partial charge in [0.05, 0.1) is 0 Å². The van der Waals surface area contributed by atoms with E-state index in [0.717, 1.165) is 4.47 Å². The van der Waals surface area contributed by atoms with Crippen LogP contribution in [0.25, 0.3) is 0 Å². The Labute approximate surface area is 187 Å². The maximum atomic E-state index is 12.3. The first-order valence-corrected chi connectivity index (χ1v) is 10.1. The average Bonchev–Trinajstić information content (AvgIpc) is 2.71. The molecule has 4 amide bonds. The maximum Gasteiger partial charge on any atom is 0.342 e. The van der Waals surface area contributed by atoms with Crippen molar-refractivity contribution in [3.8, 4) is 5.75 Å². The summed E-state index contributed by atoms with van der Waals surface area (Å²) in [6, 6.07) is 12.3. The summed E-state index contributed by atoms with van der Waals surface area (Å²) in [7, 11) is 0. The van der Waals surface area contributed by atoms with Crippen LogP contribution in [0.2, 0.25) is 0 Å². The zero-order chi connectivity index (χ0) is 22.8. The number of imide groups is 1. The van der Waals surface area contributed by atoms with Crippen LogP contribution in [0, 0.1) is 0 Å². The lowest BCUT2D eigenvalue weighted by Crippen LogP contribution is -2.44. The molecule has 0 spiro atoms. The molecule has 2 aromatic carbocycles. The number of urea groups is 1. The Morgan fingerprint density at radius 1 is 0.935 bits per heavy atom. The molecule has 0 aliphatic carbocycles. The molecule has 10 heteroatoms. The third-order valence-corrected chi connectivity index (χ3v) is 4.13. The number of hydrogen-bond donors (Lipinski definition) is 3. The molecule has 3 N–H and O–H groups in total. The van der Waals surface area contributed by atoms with Crippen LogP contribution in [0.15, 0.2) is 53.0 Å². The van der Waals surface area contributed by atoms with Gasteiger partial charge in [0.2, 0.25) is 0 Å². The van der Waals surface area contributed by atoms with E-state index in [1.165, 1.54) is 12.1 Å². The standard InChI is InChI=1S/C21H22BrN3O6/c1-13(2)23-21(29)25-19(27)12-31-20(28)16-5-3-4-6-17(16)30-11-18(26)24-15-9-7-14(22)8-10-15/h3-10,13H,11-12H2,1-2H3,(H,24,26)(H2,23,25,27,29). The lowest BCUT2D eigenvalue weighted by molar-refractivity contribution is -0.123. The van der Waals surface area contributed by atoms with Crippen molar-refractivity contribution in [3.05, 3.63) is 58.6 Å². The lowest BCUT2D eigenvalue weighted by atomic mass is 10.2. The smallest absolute Gasteiger partial charge is 0.342 e. The molecule has 2 aromatic rings. The monoisotopic (exact) mass is 491 g/mol. The van der Waals surface area contributed by atoms with Crippen LogP contribution in [0.3, 0.4) is 0 Å². The van der Waals surface area contributed by atoms with Crippen molar-refractivity contribution in [2.24, 2.45) is 0 Å². The fourth-order valence-electron chi connectivity index (χ4n) is 2.30. The summed E-state index contributed by atoms with van der Waals surface area (Å²) < 4.78 is 11.3. The van der Waals surface area contributed by atoms with E-state index >= 15 is 0 Å². The predicted octanol–water partition coefficient (Wildman–Crippen LogP) is 2.86. The van der Waals surface area contributed by atoms with Crippen molar-refractivity contribution in [2.45, 2.75) is 19.9 Å². The molecule has 0 heterocycles. The van der Waals surface area contributed by atoms with Gasteiger partial charge in [0, 0.05) is 16.2 Å². The van der Waals surface area contributed by atoms with Crippen molar-refractivity contribution in [1.29, 1.82) is 0 Å². The molecule has 2 rings (SSSR count). The van der Waals surface area contributed by atoms with Gasteiger partial charge in [-0.05, 0) is 50.2 Å². The zero-order valence-corrected chi connectivity index (χ0v) is 18.5. The molecular weight excluding hydrogens is 470 g/mol. The Bertz CT molecular complexity index is 946. The molecule has 9 nitrogen and oxygen atoms in total. The van der Waals surface area contributed by atoms with Crippen LogP contribution in [0.5, 0.6) is 5.75 Å². The highest BCUT2D eigenvalue weighted by Gasteiger charge is 2.17. The number of carbonyl (C=O) groups excluding carboxylic acids is 4. The summed E-state index contributed by atoms with van der Waals surface area (Å²) in [5.74, 6) is -1.90. The van der Waals surface area contributed by atoms with Gasteiger partial charge in [0.25, 0.3) is 11.8 Å². The number of amides is 4. The van der Waals surface area contributed by atoms with Crippen molar-refractivity contribution in [2.75, 3.05) is 18.5 Å². The van der Waals surface area contributed by atoms with Gasteiger partial charge in [-0.1, -0.05) is 28.1 Å². The summed E-state index contributed by atoms with van der Waals surface area (Å²) in [5.41, 5.74) is 0.635. The van der Waals surface area contributed by atoms with Crippen LogP contribution in [0.1, 0.15) is 24.2 Å². The number of rotatable bonds is 8. The van der Waals surface area contributed by atoms with Gasteiger partial charge in [-0.3, -0.25) is 14.9 Å². The number of nitrogens with one attached hydrogen (secondary N) is 3. The van der Waals surface area contributed by atoms with E-state index < -0.39 is 30.4 Å². The van der Waals surface area contributed by atoms with Crippen molar-refractivity contribution < 1.29 is 28.7 Å². The van der Waals surface area contributed by atoms with Gasteiger partial charge in [0.15, 0.2) is 13.2 Å². The topological polar surface area (TPSA) is 123 Å². The number of hydrogen-bond acceptors (Lipinski definition) is 6. The second-order valence-corrected chi connectivity index (χ2v) is 7.51. The molecule has 0 saturated carbocycles. The van der Waals surface area contributed by atoms with Gasteiger partial charge >= 0.3 is 12.0 Å². The number of ether oxygens (including phenoxy) is 2. The molecule has 164 valence electrons. The van der Waals surface area contributed by atoms with Gasteiger partial charge in [0.1, 0.15) is 11.3 Å². The minimum atomic E-state index is -0.830. The average molecular weight is 492 g/mol. The summed E-state index contributed by atoms with van der Waals surface area (Å²) >= 11 is 3.31. The second kappa shape index (κ2) is 11.7. The Hall–Kier alpha value is -3.40. The normalized spacial score (nSPS) is 10.2. The number of benzene rings is 2. The quantitative estimate of drug-likeness (QED) is 0.487. The van der Waals surface area contributed by atoms with E-state index in [9.17, 15) is 19.2 Å². The Balaban J connectivity index is 1.88. The minimum Gasteiger partial charge on any atom is -0.483 e. The molecule has 0 atom stereocenters. The first kappa shape index (κ1) is 23.9. The molecule has 0 aliphatic rings. The van der Waals surface area contributed by atoms with E-state index in [-0.39, 0.29) is 24.0 Å². The van der Waals surface area contributed by atoms with E-state index in [1.54, 1.807) is 50.2 Å². The van der Waals surface area contributed by atoms with E-state index in [2.05, 4.69) is 26.6 Å². The van der Waals surface area contributed by atoms with Gasteiger partial charge in [-0.2, -0.15) is 0 Å². The first-order chi connectivity index (χ1) is 14.7. The third kappa shape index (κ3) is 8.47. The molecule has 31 heavy (non-hydrogen) atoms. The fraction of sp³-hybridized carbons (Fsp3) is 0.238. The highest BCUT2D eigenvalue weighted by molar-refractivity contribution is 9.10. The lowest BCUT2D eigenvalue weighted by Gasteiger charge is -2.12. The van der Waals surface area contributed by atoms with Crippen molar-refractivity contribution in [1.82, 2.24) is 10.6 Å². The van der Waals surface area contributed by atoms with Crippen molar-refractivity contribution in [3.63, 3.8) is 0 Å². The van der Waals surface area contributed by atoms with Gasteiger partial charge in [-0.25, -0.2) is 9.59 Å². The molecule has 0 aliphatic heterocycles.